The summed E-state index contributed by atoms with van der Waals surface area (Å²) in [4.78, 5) is 19.7. The van der Waals surface area contributed by atoms with Crippen molar-refractivity contribution >= 4 is 5.91 Å². The van der Waals surface area contributed by atoms with Gasteiger partial charge in [-0.05, 0) is 30.5 Å². The van der Waals surface area contributed by atoms with Gasteiger partial charge >= 0.3 is 0 Å². The molecule has 1 aromatic heterocycles. The quantitative estimate of drug-likeness (QED) is 0.297. The van der Waals surface area contributed by atoms with Crippen molar-refractivity contribution in [1.82, 2.24) is 9.88 Å². The third-order valence-corrected chi connectivity index (χ3v) is 5.92. The first-order chi connectivity index (χ1) is 16.6. The third-order valence-electron chi connectivity index (χ3n) is 5.92. The van der Waals surface area contributed by atoms with Crippen LogP contribution in [0.5, 0.6) is 5.75 Å². The predicted octanol–water partition coefficient (Wildman–Crippen LogP) is 5.94. The lowest BCUT2D eigenvalue weighted by atomic mass is 10.0. The number of hydrogen-bond acceptors (Lipinski definition) is 4. The number of carbonyl (C=O) groups is 1. The molecule has 4 rings (SSSR count). The van der Waals surface area contributed by atoms with E-state index in [2.05, 4.69) is 30.1 Å². The molecule has 0 saturated carbocycles. The van der Waals surface area contributed by atoms with Crippen molar-refractivity contribution in [3.63, 3.8) is 0 Å². The van der Waals surface area contributed by atoms with E-state index in [0.29, 0.717) is 37.5 Å². The molecule has 0 aliphatic rings. The average molecular weight is 455 g/mol. The van der Waals surface area contributed by atoms with Gasteiger partial charge in [0.15, 0.2) is 11.7 Å². The number of aromatic nitrogens is 1. The van der Waals surface area contributed by atoms with Gasteiger partial charge in [-0.2, -0.15) is 0 Å². The summed E-state index contributed by atoms with van der Waals surface area (Å²) in [6, 6.07) is 27.9. The fourth-order valence-corrected chi connectivity index (χ4v) is 4.09. The Morgan fingerprint density at radius 3 is 2.38 bits per heavy atom. The summed E-state index contributed by atoms with van der Waals surface area (Å²) in [5.74, 6) is 2.21. The Labute approximate surface area is 201 Å². The molecular weight excluding hydrogens is 424 g/mol. The van der Waals surface area contributed by atoms with E-state index in [-0.39, 0.29) is 11.9 Å². The Morgan fingerprint density at radius 1 is 0.971 bits per heavy atom. The largest absolute Gasteiger partial charge is 0.496 e. The van der Waals surface area contributed by atoms with Crippen LogP contribution >= 0.6 is 0 Å². The number of benzene rings is 3. The fraction of sp³-hybridized carbons (Fsp3) is 0.241. The summed E-state index contributed by atoms with van der Waals surface area (Å²) >= 11 is 0. The molecule has 1 amide bonds. The van der Waals surface area contributed by atoms with E-state index in [0.717, 1.165) is 22.4 Å². The lowest BCUT2D eigenvalue weighted by Crippen LogP contribution is -2.39. The van der Waals surface area contributed by atoms with Crippen LogP contribution in [0.15, 0.2) is 95.5 Å². The molecule has 174 valence electrons. The smallest absolute Gasteiger partial charge is 0.223 e. The van der Waals surface area contributed by atoms with Gasteiger partial charge in [0.05, 0.1) is 13.3 Å². The number of para-hydroxylation sites is 1. The Kier molecular flexibility index (Phi) is 7.76. The molecule has 4 aromatic rings. The Balaban J connectivity index is 1.47. The Hall–Kier alpha value is -3.86. The van der Waals surface area contributed by atoms with Crippen molar-refractivity contribution in [3.05, 3.63) is 108 Å². The summed E-state index contributed by atoms with van der Waals surface area (Å²) in [6.07, 6.45) is 3.22. The van der Waals surface area contributed by atoms with Crippen molar-refractivity contribution in [3.8, 4) is 17.1 Å². The monoisotopic (exact) mass is 454 g/mol. The van der Waals surface area contributed by atoms with Gasteiger partial charge < -0.3 is 14.1 Å². The molecule has 0 spiro atoms. The standard InChI is InChI=1S/C29H30N2O3/c1-22(19-25-15-9-10-16-26(25)33-2)31(21-23-11-5-3-6-12-23)29(32)18-17-28-30-20-27(34-28)24-13-7-4-8-14-24/h3-16,20,22H,17-19,21H2,1-2H3. The van der Waals surface area contributed by atoms with Crippen LogP contribution in [0.3, 0.4) is 0 Å². The van der Waals surface area contributed by atoms with E-state index in [9.17, 15) is 4.79 Å². The highest BCUT2D eigenvalue weighted by molar-refractivity contribution is 5.76. The van der Waals surface area contributed by atoms with E-state index in [4.69, 9.17) is 9.15 Å². The van der Waals surface area contributed by atoms with Crippen LogP contribution in [0, 0.1) is 0 Å². The summed E-state index contributed by atoms with van der Waals surface area (Å²) in [7, 11) is 1.68. The molecule has 0 aliphatic carbocycles. The fourth-order valence-electron chi connectivity index (χ4n) is 4.09. The number of ether oxygens (including phenoxy) is 1. The first-order valence-corrected chi connectivity index (χ1v) is 11.6. The minimum atomic E-state index is -0.00607. The molecule has 0 saturated heterocycles. The van der Waals surface area contributed by atoms with Crippen LogP contribution in [0.2, 0.25) is 0 Å². The van der Waals surface area contributed by atoms with Crippen molar-refractivity contribution in [1.29, 1.82) is 0 Å². The van der Waals surface area contributed by atoms with Gasteiger partial charge in [0.25, 0.3) is 0 Å². The maximum Gasteiger partial charge on any atom is 0.223 e. The predicted molar refractivity (Wildman–Crippen MR) is 133 cm³/mol. The number of aryl methyl sites for hydroxylation is 1. The molecule has 5 nitrogen and oxygen atoms in total. The van der Waals surface area contributed by atoms with Crippen LogP contribution in [-0.4, -0.2) is 28.9 Å². The zero-order chi connectivity index (χ0) is 23.8. The molecule has 0 fully saturated rings. The minimum absolute atomic E-state index is 0.00607. The van der Waals surface area contributed by atoms with Crippen molar-refractivity contribution in [2.75, 3.05) is 7.11 Å². The maximum absolute atomic E-state index is 13.4. The number of carbonyl (C=O) groups excluding carboxylic acids is 1. The number of nitrogens with zero attached hydrogens (tertiary/aromatic N) is 2. The number of methoxy groups -OCH3 is 1. The zero-order valence-corrected chi connectivity index (χ0v) is 19.7. The second-order valence-corrected chi connectivity index (χ2v) is 8.36. The number of oxazole rings is 1. The normalized spacial score (nSPS) is 11.7. The molecule has 1 unspecified atom stereocenters. The third kappa shape index (κ3) is 5.93. The molecule has 1 heterocycles. The van der Waals surface area contributed by atoms with Crippen molar-refractivity contribution < 1.29 is 13.9 Å². The number of amides is 1. The molecule has 0 aliphatic heterocycles. The van der Waals surface area contributed by atoms with Gasteiger partial charge in [0.1, 0.15) is 5.75 Å². The van der Waals surface area contributed by atoms with Crippen LogP contribution in [0.25, 0.3) is 11.3 Å². The summed E-state index contributed by atoms with van der Waals surface area (Å²) in [5, 5.41) is 0. The van der Waals surface area contributed by atoms with Gasteiger partial charge in [-0.15, -0.1) is 0 Å². The minimum Gasteiger partial charge on any atom is -0.496 e. The average Bonchev–Trinajstić information content (AvgIpc) is 3.36. The van der Waals surface area contributed by atoms with E-state index >= 15 is 0 Å². The maximum atomic E-state index is 13.4. The highest BCUT2D eigenvalue weighted by Gasteiger charge is 2.22. The second kappa shape index (κ2) is 11.3. The highest BCUT2D eigenvalue weighted by atomic mass is 16.5. The topological polar surface area (TPSA) is 55.6 Å². The number of hydrogen-bond donors (Lipinski definition) is 0. The molecule has 0 N–H and O–H groups in total. The van der Waals surface area contributed by atoms with E-state index in [1.54, 1.807) is 13.3 Å². The van der Waals surface area contributed by atoms with Gasteiger partial charge in [-0.3, -0.25) is 4.79 Å². The van der Waals surface area contributed by atoms with Crippen LogP contribution in [-0.2, 0) is 24.2 Å². The SMILES string of the molecule is COc1ccccc1CC(C)N(Cc1ccccc1)C(=O)CCc1ncc(-c2ccccc2)o1. The first kappa shape index (κ1) is 23.3. The van der Waals surface area contributed by atoms with Gasteiger partial charge in [0.2, 0.25) is 5.91 Å². The summed E-state index contributed by atoms with van der Waals surface area (Å²) < 4.78 is 11.4. The molecule has 5 heteroatoms. The van der Waals surface area contributed by atoms with Crippen LogP contribution in [0.4, 0.5) is 0 Å². The molecule has 0 bridgehead atoms. The first-order valence-electron chi connectivity index (χ1n) is 11.6. The van der Waals surface area contributed by atoms with E-state index < -0.39 is 0 Å². The lowest BCUT2D eigenvalue weighted by molar-refractivity contribution is -0.134. The summed E-state index contributed by atoms with van der Waals surface area (Å²) in [5.41, 5.74) is 3.16. The summed E-state index contributed by atoms with van der Waals surface area (Å²) in [6.45, 7) is 2.64. The molecule has 1 atom stereocenters. The zero-order valence-electron chi connectivity index (χ0n) is 19.7. The molecule has 3 aromatic carbocycles. The molecular formula is C29H30N2O3. The van der Waals surface area contributed by atoms with E-state index in [1.807, 2.05) is 71.6 Å². The Bertz CT molecular complexity index is 1190. The van der Waals surface area contributed by atoms with Gasteiger partial charge in [-0.1, -0.05) is 78.9 Å². The highest BCUT2D eigenvalue weighted by Crippen LogP contribution is 2.23. The van der Waals surface area contributed by atoms with Crippen molar-refractivity contribution in [2.45, 2.75) is 38.8 Å². The number of rotatable bonds is 10. The van der Waals surface area contributed by atoms with Gasteiger partial charge in [-0.25, -0.2) is 4.98 Å². The van der Waals surface area contributed by atoms with Crippen LogP contribution < -0.4 is 4.74 Å². The van der Waals surface area contributed by atoms with E-state index in [1.165, 1.54) is 0 Å². The molecule has 0 radical (unpaired) electrons. The van der Waals surface area contributed by atoms with Crippen molar-refractivity contribution in [2.24, 2.45) is 0 Å². The lowest BCUT2D eigenvalue weighted by Gasteiger charge is -2.30. The van der Waals surface area contributed by atoms with Gasteiger partial charge in [0, 0.05) is 31.0 Å². The molecule has 34 heavy (non-hydrogen) atoms. The Morgan fingerprint density at radius 2 is 1.65 bits per heavy atom. The van der Waals surface area contributed by atoms with Crippen LogP contribution in [0.1, 0.15) is 30.4 Å². The second-order valence-electron chi connectivity index (χ2n) is 8.36.